The smallest absolute Gasteiger partial charge is 0.176 e. The van der Waals surface area contributed by atoms with Gasteiger partial charge in [0.15, 0.2) is 5.03 Å². The topological polar surface area (TPSA) is 49.6 Å². The third-order valence-corrected chi connectivity index (χ3v) is 2.22. The van der Waals surface area contributed by atoms with Gasteiger partial charge in [0.25, 0.3) is 0 Å². The Kier molecular flexibility index (Phi) is 1.08. The molecule has 2 aliphatic rings. The number of hydrazine groups is 2. The largest absolute Gasteiger partial charge is 0.233 e. The van der Waals surface area contributed by atoms with E-state index < -0.39 is 0 Å². The van der Waals surface area contributed by atoms with Crippen molar-refractivity contribution in [1.29, 1.82) is 0 Å². The predicted molar refractivity (Wildman–Crippen MR) is 33.4 cm³/mol. The fourth-order valence-corrected chi connectivity index (χ4v) is 1.76. The summed E-state index contributed by atoms with van der Waals surface area (Å²) < 4.78 is 0. The average molecular weight is 143 g/mol. The summed E-state index contributed by atoms with van der Waals surface area (Å²) in [5.74, 6) is 0. The van der Waals surface area contributed by atoms with Crippen LogP contribution in [0, 0.1) is 10.1 Å². The molecule has 0 saturated carbocycles. The van der Waals surface area contributed by atoms with E-state index in [1.807, 2.05) is 5.01 Å². The Morgan fingerprint density at radius 3 is 2.20 bits per heavy atom. The molecule has 5 nitrogen and oxygen atoms in total. The van der Waals surface area contributed by atoms with Crippen LogP contribution >= 0.6 is 0 Å². The van der Waals surface area contributed by atoms with E-state index in [1.165, 1.54) is 5.12 Å². The molecule has 0 aromatic carbocycles. The summed E-state index contributed by atoms with van der Waals surface area (Å²) in [7, 11) is 0. The zero-order valence-electron chi connectivity index (χ0n) is 5.56. The minimum absolute atomic E-state index is 0.190. The second-order valence-electron chi connectivity index (χ2n) is 2.74. The highest BCUT2D eigenvalue weighted by atomic mass is 16.7. The van der Waals surface area contributed by atoms with Crippen molar-refractivity contribution in [3.05, 3.63) is 10.1 Å². The molecular weight excluding hydrogens is 134 g/mol. The number of fused-ring (bicyclic) bond motifs is 2. The lowest BCUT2D eigenvalue weighted by Gasteiger charge is -2.13. The van der Waals surface area contributed by atoms with Crippen molar-refractivity contribution in [3.63, 3.8) is 0 Å². The van der Waals surface area contributed by atoms with Gasteiger partial charge in [0.1, 0.15) is 6.04 Å². The summed E-state index contributed by atoms with van der Waals surface area (Å²) in [6.07, 6.45) is 1.92. The number of nitrogens with zero attached hydrogens (tertiary/aromatic N) is 3. The molecule has 0 spiro atoms. The van der Waals surface area contributed by atoms with Gasteiger partial charge in [0, 0.05) is 13.1 Å². The van der Waals surface area contributed by atoms with E-state index >= 15 is 0 Å². The predicted octanol–water partition coefficient (Wildman–Crippen LogP) is -0.127. The highest BCUT2D eigenvalue weighted by Gasteiger charge is 2.44. The summed E-state index contributed by atoms with van der Waals surface area (Å²) >= 11 is 0. The van der Waals surface area contributed by atoms with Crippen LogP contribution in [0.5, 0.6) is 0 Å². The highest BCUT2D eigenvalue weighted by Crippen LogP contribution is 2.27. The quantitative estimate of drug-likeness (QED) is 0.379. The van der Waals surface area contributed by atoms with E-state index in [9.17, 15) is 10.1 Å². The Bertz CT molecular complexity index is 152. The molecule has 0 aromatic heterocycles. The Hall–Kier alpha value is -0.840. The lowest BCUT2D eigenvalue weighted by Crippen LogP contribution is -2.37. The maximum absolute atomic E-state index is 10.4. The first-order valence-electron chi connectivity index (χ1n) is 3.47. The normalized spacial score (nSPS) is 37.0. The van der Waals surface area contributed by atoms with Gasteiger partial charge in [-0.05, 0) is 18.0 Å². The van der Waals surface area contributed by atoms with Crippen LogP contribution in [0.2, 0.25) is 0 Å². The van der Waals surface area contributed by atoms with Gasteiger partial charge < -0.3 is 0 Å². The van der Waals surface area contributed by atoms with Crippen LogP contribution < -0.4 is 0 Å². The summed E-state index contributed by atoms with van der Waals surface area (Å²) in [5, 5.41) is 13.1. The molecule has 0 aromatic rings. The molecule has 2 rings (SSSR count). The monoisotopic (exact) mass is 143 g/mol. The second-order valence-corrected chi connectivity index (χ2v) is 2.74. The third kappa shape index (κ3) is 0.607. The third-order valence-electron chi connectivity index (χ3n) is 2.22. The van der Waals surface area contributed by atoms with Crippen molar-refractivity contribution in [1.82, 2.24) is 10.1 Å². The van der Waals surface area contributed by atoms with Gasteiger partial charge in [-0.15, -0.1) is 0 Å². The molecule has 2 heterocycles. The molecule has 2 fully saturated rings. The van der Waals surface area contributed by atoms with Gasteiger partial charge in [-0.1, -0.05) is 0 Å². The minimum Gasteiger partial charge on any atom is -0.233 e. The van der Waals surface area contributed by atoms with Crippen molar-refractivity contribution in [2.45, 2.75) is 18.9 Å². The summed E-state index contributed by atoms with van der Waals surface area (Å²) in [6.45, 7) is 1.73. The van der Waals surface area contributed by atoms with Crippen LogP contribution in [-0.2, 0) is 0 Å². The molecule has 0 aliphatic carbocycles. The summed E-state index contributed by atoms with van der Waals surface area (Å²) in [5.41, 5.74) is 0. The van der Waals surface area contributed by atoms with Crippen molar-refractivity contribution >= 4 is 0 Å². The molecule has 56 valence electrons. The first kappa shape index (κ1) is 5.91. The molecule has 0 atom stereocenters. The Balaban J connectivity index is 2.16. The number of rotatable bonds is 1. The maximum Gasteiger partial charge on any atom is 0.176 e. The minimum atomic E-state index is -0.301. The Labute approximate surface area is 58.3 Å². The SMILES string of the molecule is O=[N+]([O-])N1C2CCN1CC2. The van der Waals surface area contributed by atoms with E-state index in [4.69, 9.17) is 0 Å². The molecule has 10 heavy (non-hydrogen) atoms. The number of hydrogen-bond acceptors (Lipinski definition) is 3. The second kappa shape index (κ2) is 1.82. The van der Waals surface area contributed by atoms with Crippen molar-refractivity contribution in [2.24, 2.45) is 0 Å². The van der Waals surface area contributed by atoms with E-state index in [0.717, 1.165) is 25.9 Å². The molecule has 2 saturated heterocycles. The molecule has 0 unspecified atom stereocenters. The van der Waals surface area contributed by atoms with Gasteiger partial charge in [0.05, 0.1) is 0 Å². The van der Waals surface area contributed by atoms with Gasteiger partial charge in [-0.2, -0.15) is 5.01 Å². The molecule has 2 bridgehead atoms. The lowest BCUT2D eigenvalue weighted by atomic mass is 10.1. The highest BCUT2D eigenvalue weighted by molar-refractivity contribution is 4.81. The number of nitro groups is 1. The van der Waals surface area contributed by atoms with Crippen LogP contribution in [0.3, 0.4) is 0 Å². The van der Waals surface area contributed by atoms with Crippen molar-refractivity contribution < 1.29 is 5.03 Å². The Morgan fingerprint density at radius 1 is 1.40 bits per heavy atom. The molecule has 0 N–H and O–H groups in total. The maximum atomic E-state index is 10.4. The van der Waals surface area contributed by atoms with Crippen molar-refractivity contribution in [3.8, 4) is 0 Å². The van der Waals surface area contributed by atoms with Gasteiger partial charge >= 0.3 is 0 Å². The molecule has 0 radical (unpaired) electrons. The first-order valence-corrected chi connectivity index (χ1v) is 3.47. The van der Waals surface area contributed by atoms with E-state index in [2.05, 4.69) is 0 Å². The van der Waals surface area contributed by atoms with E-state index in [1.54, 1.807) is 0 Å². The molecule has 5 heteroatoms. The lowest BCUT2D eigenvalue weighted by molar-refractivity contribution is -0.693. The van der Waals surface area contributed by atoms with Crippen LogP contribution in [0.4, 0.5) is 0 Å². The fraction of sp³-hybridized carbons (Fsp3) is 1.00. The molecule has 0 amide bonds. The van der Waals surface area contributed by atoms with Crippen molar-refractivity contribution in [2.75, 3.05) is 13.1 Å². The zero-order valence-corrected chi connectivity index (χ0v) is 5.56. The van der Waals surface area contributed by atoms with E-state index in [-0.39, 0.29) is 11.1 Å². The average Bonchev–Trinajstić information content (AvgIpc) is 2.43. The van der Waals surface area contributed by atoms with Gasteiger partial charge in [0.2, 0.25) is 0 Å². The number of hydrogen-bond donors (Lipinski definition) is 0. The molecule has 2 aliphatic heterocycles. The fourth-order valence-electron chi connectivity index (χ4n) is 1.76. The van der Waals surface area contributed by atoms with Crippen LogP contribution in [0.15, 0.2) is 0 Å². The van der Waals surface area contributed by atoms with Gasteiger partial charge in [-0.25, -0.2) is 10.1 Å². The zero-order chi connectivity index (χ0) is 7.14. The van der Waals surface area contributed by atoms with Crippen LogP contribution in [-0.4, -0.2) is 34.3 Å². The molecular formula is C5H9N3O2. The van der Waals surface area contributed by atoms with Gasteiger partial charge in [-0.3, -0.25) is 0 Å². The van der Waals surface area contributed by atoms with Crippen LogP contribution in [0.1, 0.15) is 12.8 Å². The van der Waals surface area contributed by atoms with Crippen LogP contribution in [0.25, 0.3) is 0 Å². The first-order chi connectivity index (χ1) is 4.79. The summed E-state index contributed by atoms with van der Waals surface area (Å²) in [6, 6.07) is 0.190. The van der Waals surface area contributed by atoms with E-state index in [0.29, 0.717) is 0 Å². The number of piperidine rings is 1. The summed E-state index contributed by atoms with van der Waals surface area (Å²) in [4.78, 5) is 10.4. The standard InChI is InChI=1S/C5H9N3O2/c9-8(10)7-5-1-3-6(7)4-2-5/h5H,1-4H2. The Morgan fingerprint density at radius 2 is 2.00 bits per heavy atom.